The van der Waals surface area contributed by atoms with Gasteiger partial charge in [-0.05, 0) is 12.3 Å². The van der Waals surface area contributed by atoms with Crippen molar-refractivity contribution in [1.29, 1.82) is 0 Å². The summed E-state index contributed by atoms with van der Waals surface area (Å²) in [5.41, 5.74) is 7.70. The van der Waals surface area contributed by atoms with Gasteiger partial charge in [0.05, 0.1) is 11.4 Å². The molecular formula is C14H20N2O2. The Hall–Kier alpha value is -1.58. The Kier molecular flexibility index (Phi) is 3.17. The summed E-state index contributed by atoms with van der Waals surface area (Å²) in [6, 6.07) is 3.80. The molecule has 4 nitrogen and oxygen atoms in total. The molecule has 1 aliphatic heterocycles. The van der Waals surface area contributed by atoms with Crippen molar-refractivity contribution in [2.75, 3.05) is 30.8 Å². The molecule has 0 radical (unpaired) electrons. The van der Waals surface area contributed by atoms with E-state index in [0.717, 1.165) is 35.3 Å². The molecule has 0 unspecified atom stereocenters. The lowest BCUT2D eigenvalue weighted by atomic mass is 9.83. The molecule has 0 spiro atoms. The zero-order chi connectivity index (χ0) is 12.4. The van der Waals surface area contributed by atoms with Gasteiger partial charge in [0, 0.05) is 18.7 Å². The van der Waals surface area contributed by atoms with E-state index in [1.54, 1.807) is 0 Å². The van der Waals surface area contributed by atoms with Gasteiger partial charge in [-0.25, -0.2) is 0 Å². The molecule has 0 amide bonds. The molecule has 1 fully saturated rings. The highest BCUT2D eigenvalue weighted by atomic mass is 16.6. The molecule has 0 saturated heterocycles. The second-order valence-electron chi connectivity index (χ2n) is 5.10. The van der Waals surface area contributed by atoms with Gasteiger partial charge in [-0.1, -0.05) is 19.3 Å². The van der Waals surface area contributed by atoms with E-state index < -0.39 is 0 Å². The summed E-state index contributed by atoms with van der Waals surface area (Å²) in [5.74, 6) is 2.46. The molecule has 0 atom stereocenters. The quantitative estimate of drug-likeness (QED) is 0.804. The first-order valence-corrected chi connectivity index (χ1v) is 6.76. The second-order valence-corrected chi connectivity index (χ2v) is 5.10. The third kappa shape index (κ3) is 2.33. The number of nitrogens with one attached hydrogen (secondary N) is 1. The van der Waals surface area contributed by atoms with Crippen molar-refractivity contribution in [1.82, 2.24) is 0 Å². The maximum absolute atomic E-state index is 6.01. The van der Waals surface area contributed by atoms with Crippen LogP contribution in [0.4, 0.5) is 11.4 Å². The summed E-state index contributed by atoms with van der Waals surface area (Å²) in [6.07, 6.45) is 5.40. The summed E-state index contributed by atoms with van der Waals surface area (Å²) in [7, 11) is 0. The number of rotatable bonds is 4. The van der Waals surface area contributed by atoms with Crippen LogP contribution in [-0.4, -0.2) is 19.8 Å². The minimum Gasteiger partial charge on any atom is -0.486 e. The van der Waals surface area contributed by atoms with Crippen LogP contribution in [0.1, 0.15) is 25.7 Å². The van der Waals surface area contributed by atoms with Gasteiger partial charge < -0.3 is 20.5 Å². The summed E-state index contributed by atoms with van der Waals surface area (Å²) < 4.78 is 11.1. The number of fused-ring (bicyclic) bond motifs is 1. The van der Waals surface area contributed by atoms with E-state index in [1.165, 1.54) is 25.7 Å². The lowest BCUT2D eigenvalue weighted by Crippen LogP contribution is -2.17. The van der Waals surface area contributed by atoms with Crippen LogP contribution in [0.2, 0.25) is 0 Å². The van der Waals surface area contributed by atoms with Crippen LogP contribution in [0, 0.1) is 5.92 Å². The van der Waals surface area contributed by atoms with E-state index in [4.69, 9.17) is 15.2 Å². The first-order chi connectivity index (χ1) is 8.83. The van der Waals surface area contributed by atoms with Crippen molar-refractivity contribution in [3.63, 3.8) is 0 Å². The van der Waals surface area contributed by atoms with Crippen molar-refractivity contribution in [3.05, 3.63) is 12.1 Å². The molecule has 2 aliphatic rings. The van der Waals surface area contributed by atoms with Crippen LogP contribution < -0.4 is 20.5 Å². The topological polar surface area (TPSA) is 56.5 Å². The number of hydrogen-bond donors (Lipinski definition) is 2. The van der Waals surface area contributed by atoms with Crippen LogP contribution in [0.15, 0.2) is 12.1 Å². The van der Waals surface area contributed by atoms with E-state index in [0.29, 0.717) is 13.2 Å². The number of benzene rings is 1. The van der Waals surface area contributed by atoms with Crippen molar-refractivity contribution < 1.29 is 9.47 Å². The minimum absolute atomic E-state index is 0.598. The molecule has 1 saturated carbocycles. The van der Waals surface area contributed by atoms with Crippen LogP contribution >= 0.6 is 0 Å². The monoisotopic (exact) mass is 248 g/mol. The third-order valence-corrected chi connectivity index (χ3v) is 3.81. The number of anilines is 2. The van der Waals surface area contributed by atoms with Crippen LogP contribution in [-0.2, 0) is 0 Å². The molecule has 0 bridgehead atoms. The van der Waals surface area contributed by atoms with Crippen LogP contribution in [0.3, 0.4) is 0 Å². The largest absolute Gasteiger partial charge is 0.486 e. The molecule has 3 rings (SSSR count). The third-order valence-electron chi connectivity index (χ3n) is 3.81. The van der Waals surface area contributed by atoms with Gasteiger partial charge in [0.15, 0.2) is 11.5 Å². The Balaban J connectivity index is 1.63. The molecule has 3 N–H and O–H groups in total. The predicted octanol–water partition coefficient (Wildman–Crippen LogP) is 2.64. The molecule has 18 heavy (non-hydrogen) atoms. The molecule has 98 valence electrons. The fraction of sp³-hybridized carbons (Fsp3) is 0.571. The Morgan fingerprint density at radius 2 is 1.89 bits per heavy atom. The Morgan fingerprint density at radius 1 is 1.17 bits per heavy atom. The van der Waals surface area contributed by atoms with Crippen LogP contribution in [0.5, 0.6) is 11.5 Å². The maximum Gasteiger partial charge on any atom is 0.163 e. The Bertz CT molecular complexity index is 430. The van der Waals surface area contributed by atoms with E-state index in [-0.39, 0.29) is 0 Å². The molecule has 1 aromatic carbocycles. The van der Waals surface area contributed by atoms with Crippen molar-refractivity contribution in [3.8, 4) is 11.5 Å². The van der Waals surface area contributed by atoms with E-state index in [1.807, 2.05) is 12.1 Å². The van der Waals surface area contributed by atoms with E-state index in [2.05, 4.69) is 5.32 Å². The molecule has 0 aromatic heterocycles. The summed E-state index contributed by atoms with van der Waals surface area (Å²) in [5, 5.41) is 3.40. The summed E-state index contributed by atoms with van der Waals surface area (Å²) in [4.78, 5) is 0. The highest BCUT2D eigenvalue weighted by Crippen LogP contribution is 2.37. The highest BCUT2D eigenvalue weighted by molar-refractivity contribution is 5.72. The zero-order valence-electron chi connectivity index (χ0n) is 10.6. The first kappa shape index (κ1) is 11.5. The SMILES string of the molecule is Nc1cc2c(cc1NCCC1CCC1)OCCO2. The van der Waals surface area contributed by atoms with Crippen molar-refractivity contribution in [2.24, 2.45) is 5.92 Å². The number of nitrogen functional groups attached to an aromatic ring is 1. The van der Waals surface area contributed by atoms with Gasteiger partial charge in [0.1, 0.15) is 13.2 Å². The molecular weight excluding hydrogens is 228 g/mol. The Labute approximate surface area is 107 Å². The molecule has 1 heterocycles. The standard InChI is InChI=1S/C14H20N2O2/c15-11-8-13-14(18-7-6-17-13)9-12(11)16-5-4-10-2-1-3-10/h8-10,16H,1-7,15H2. The fourth-order valence-electron chi connectivity index (χ4n) is 2.45. The normalized spacial score (nSPS) is 18.2. The van der Waals surface area contributed by atoms with Gasteiger partial charge in [-0.2, -0.15) is 0 Å². The predicted molar refractivity (Wildman–Crippen MR) is 72.3 cm³/mol. The Morgan fingerprint density at radius 3 is 2.56 bits per heavy atom. The van der Waals surface area contributed by atoms with Gasteiger partial charge in [0.25, 0.3) is 0 Å². The summed E-state index contributed by atoms with van der Waals surface area (Å²) in [6.45, 7) is 2.19. The smallest absolute Gasteiger partial charge is 0.163 e. The van der Waals surface area contributed by atoms with Gasteiger partial charge >= 0.3 is 0 Å². The summed E-state index contributed by atoms with van der Waals surface area (Å²) >= 11 is 0. The lowest BCUT2D eigenvalue weighted by Gasteiger charge is -2.26. The van der Waals surface area contributed by atoms with E-state index in [9.17, 15) is 0 Å². The number of ether oxygens (including phenoxy) is 2. The second kappa shape index (κ2) is 4.96. The number of nitrogens with two attached hydrogens (primary N) is 1. The average Bonchev–Trinajstić information content (AvgIpc) is 2.32. The van der Waals surface area contributed by atoms with Crippen molar-refractivity contribution >= 4 is 11.4 Å². The molecule has 1 aliphatic carbocycles. The molecule has 1 aromatic rings. The number of hydrogen-bond acceptors (Lipinski definition) is 4. The zero-order valence-corrected chi connectivity index (χ0v) is 10.6. The molecule has 4 heteroatoms. The highest BCUT2D eigenvalue weighted by Gasteiger charge is 2.17. The van der Waals surface area contributed by atoms with Gasteiger partial charge in [-0.3, -0.25) is 0 Å². The lowest BCUT2D eigenvalue weighted by molar-refractivity contribution is 0.172. The first-order valence-electron chi connectivity index (χ1n) is 6.76. The minimum atomic E-state index is 0.598. The van der Waals surface area contributed by atoms with Crippen molar-refractivity contribution in [2.45, 2.75) is 25.7 Å². The van der Waals surface area contributed by atoms with Gasteiger partial charge in [-0.15, -0.1) is 0 Å². The fourth-order valence-corrected chi connectivity index (χ4v) is 2.45. The van der Waals surface area contributed by atoms with E-state index >= 15 is 0 Å². The average molecular weight is 248 g/mol. The van der Waals surface area contributed by atoms with Gasteiger partial charge in [0.2, 0.25) is 0 Å². The van der Waals surface area contributed by atoms with Crippen LogP contribution in [0.25, 0.3) is 0 Å². The maximum atomic E-state index is 6.01.